The summed E-state index contributed by atoms with van der Waals surface area (Å²) in [4.78, 5) is 12.0. The van der Waals surface area contributed by atoms with E-state index in [9.17, 15) is 4.79 Å². The Morgan fingerprint density at radius 3 is 2.88 bits per heavy atom. The van der Waals surface area contributed by atoms with Crippen LogP contribution >= 0.6 is 11.8 Å². The van der Waals surface area contributed by atoms with Crippen LogP contribution in [0, 0.1) is 5.41 Å². The van der Waals surface area contributed by atoms with Crippen molar-refractivity contribution in [2.24, 2.45) is 5.41 Å². The molecule has 0 saturated heterocycles. The van der Waals surface area contributed by atoms with Gasteiger partial charge in [-0.1, -0.05) is 38.6 Å². The molecule has 1 N–H and O–H groups in total. The molecule has 0 aliphatic rings. The van der Waals surface area contributed by atoms with Crippen molar-refractivity contribution in [2.45, 2.75) is 38.9 Å². The van der Waals surface area contributed by atoms with E-state index in [-0.39, 0.29) is 11.3 Å². The third-order valence-corrected chi connectivity index (χ3v) is 4.27. The van der Waals surface area contributed by atoms with Gasteiger partial charge in [-0.05, 0) is 24.0 Å². The van der Waals surface area contributed by atoms with Crippen LogP contribution in [0.25, 0.3) is 11.6 Å². The molecule has 0 aliphatic heterocycles. The maximum Gasteiger partial charge on any atom is 0.230 e. The SMILES string of the molecule is C=CCn1c(SCC(=O)NCCC(C)(C)C)nnc1-c1ccco1. The minimum atomic E-state index is -0.00282. The lowest BCUT2D eigenvalue weighted by molar-refractivity contribution is -0.118. The highest BCUT2D eigenvalue weighted by molar-refractivity contribution is 7.99. The van der Waals surface area contributed by atoms with Gasteiger partial charge < -0.3 is 9.73 Å². The van der Waals surface area contributed by atoms with Crippen LogP contribution in [0.1, 0.15) is 27.2 Å². The molecule has 24 heavy (non-hydrogen) atoms. The van der Waals surface area contributed by atoms with E-state index in [1.54, 1.807) is 18.4 Å². The molecule has 1 amide bonds. The van der Waals surface area contributed by atoms with E-state index in [1.165, 1.54) is 11.8 Å². The standard InChI is InChI=1S/C17H24N4O2S/c1-5-10-21-15(13-7-6-11-23-13)19-20-16(21)24-12-14(22)18-9-8-17(2,3)4/h5-7,11H,1,8-10,12H2,2-4H3,(H,18,22). The Kier molecular flexibility index (Phi) is 6.25. The molecule has 7 heteroatoms. The van der Waals surface area contributed by atoms with Gasteiger partial charge in [-0.15, -0.1) is 16.8 Å². The second-order valence-electron chi connectivity index (χ2n) is 6.63. The van der Waals surface area contributed by atoms with Gasteiger partial charge >= 0.3 is 0 Å². The molecule has 0 unspecified atom stereocenters. The van der Waals surface area contributed by atoms with E-state index >= 15 is 0 Å². The van der Waals surface area contributed by atoms with Crippen molar-refractivity contribution < 1.29 is 9.21 Å². The Labute approximate surface area is 146 Å². The van der Waals surface area contributed by atoms with Crippen molar-refractivity contribution in [3.05, 3.63) is 31.1 Å². The molecule has 130 valence electrons. The second kappa shape index (κ2) is 8.19. The average Bonchev–Trinajstić information content (AvgIpc) is 3.13. The molecule has 2 aromatic heterocycles. The number of nitrogens with one attached hydrogen (secondary N) is 1. The van der Waals surface area contributed by atoms with Gasteiger partial charge in [0.15, 0.2) is 10.9 Å². The first-order valence-corrected chi connectivity index (χ1v) is 8.87. The van der Waals surface area contributed by atoms with Crippen molar-refractivity contribution in [1.82, 2.24) is 20.1 Å². The predicted octanol–water partition coefficient (Wildman–Crippen LogP) is 3.37. The van der Waals surface area contributed by atoms with E-state index in [1.807, 2.05) is 10.6 Å². The molecule has 0 bridgehead atoms. The van der Waals surface area contributed by atoms with Gasteiger partial charge in [0.1, 0.15) is 0 Å². The first-order valence-electron chi connectivity index (χ1n) is 7.88. The lowest BCUT2D eigenvalue weighted by Gasteiger charge is -2.17. The van der Waals surface area contributed by atoms with Crippen molar-refractivity contribution in [2.75, 3.05) is 12.3 Å². The summed E-state index contributed by atoms with van der Waals surface area (Å²) >= 11 is 1.36. The number of aromatic nitrogens is 3. The summed E-state index contributed by atoms with van der Waals surface area (Å²) in [7, 11) is 0. The molecule has 0 aromatic carbocycles. The smallest absolute Gasteiger partial charge is 0.230 e. The van der Waals surface area contributed by atoms with Crippen LogP contribution in [0.5, 0.6) is 0 Å². The van der Waals surface area contributed by atoms with E-state index < -0.39 is 0 Å². The lowest BCUT2D eigenvalue weighted by Crippen LogP contribution is -2.28. The van der Waals surface area contributed by atoms with E-state index in [0.717, 1.165) is 6.42 Å². The number of rotatable bonds is 8. The number of hydrogen-bond acceptors (Lipinski definition) is 5. The molecule has 0 saturated carbocycles. The third-order valence-electron chi connectivity index (χ3n) is 3.30. The van der Waals surface area contributed by atoms with Crippen LogP contribution in [0.15, 0.2) is 40.6 Å². The summed E-state index contributed by atoms with van der Waals surface area (Å²) < 4.78 is 7.27. The minimum Gasteiger partial charge on any atom is -0.461 e. The van der Waals surface area contributed by atoms with Crippen LogP contribution < -0.4 is 5.32 Å². The quantitative estimate of drug-likeness (QED) is 0.585. The number of hydrogen-bond donors (Lipinski definition) is 1. The Hall–Kier alpha value is -2.02. The molecule has 0 aliphatic carbocycles. The van der Waals surface area contributed by atoms with Crippen LogP contribution in [0.4, 0.5) is 0 Å². The van der Waals surface area contributed by atoms with Crippen LogP contribution in [0.2, 0.25) is 0 Å². The number of thioether (sulfide) groups is 1. The Morgan fingerprint density at radius 2 is 2.25 bits per heavy atom. The van der Waals surface area contributed by atoms with Crippen LogP contribution in [-0.2, 0) is 11.3 Å². The zero-order chi connectivity index (χ0) is 17.6. The summed E-state index contributed by atoms with van der Waals surface area (Å²) in [5, 5.41) is 12.0. The first-order chi connectivity index (χ1) is 11.4. The molecular formula is C17H24N4O2S. The Bertz CT molecular complexity index is 671. The number of carbonyl (C=O) groups excluding carboxylic acids is 1. The summed E-state index contributed by atoms with van der Waals surface area (Å²) in [5.74, 6) is 1.58. The zero-order valence-electron chi connectivity index (χ0n) is 14.4. The molecule has 0 fully saturated rings. The second-order valence-corrected chi connectivity index (χ2v) is 7.57. The number of nitrogens with zero attached hydrogens (tertiary/aromatic N) is 3. The maximum absolute atomic E-state index is 12.0. The monoisotopic (exact) mass is 348 g/mol. The number of amides is 1. The van der Waals surface area contributed by atoms with Gasteiger partial charge in [0, 0.05) is 13.1 Å². The minimum absolute atomic E-state index is 0.00282. The third kappa shape index (κ3) is 5.26. The average molecular weight is 348 g/mol. The van der Waals surface area contributed by atoms with Gasteiger partial charge in [-0.25, -0.2) is 0 Å². The molecule has 2 heterocycles. The van der Waals surface area contributed by atoms with Crippen LogP contribution in [-0.4, -0.2) is 33.0 Å². The maximum atomic E-state index is 12.0. The van der Waals surface area contributed by atoms with Gasteiger partial charge in [0.2, 0.25) is 11.7 Å². The molecule has 2 aromatic rings. The first kappa shape index (κ1) is 18.3. The number of allylic oxidation sites excluding steroid dienone is 1. The van der Waals surface area contributed by atoms with Gasteiger partial charge in [0.25, 0.3) is 0 Å². The largest absolute Gasteiger partial charge is 0.461 e. The fourth-order valence-electron chi connectivity index (χ4n) is 2.04. The molecule has 6 nitrogen and oxygen atoms in total. The lowest BCUT2D eigenvalue weighted by atomic mass is 9.92. The predicted molar refractivity (Wildman–Crippen MR) is 95.7 cm³/mol. The summed E-state index contributed by atoms with van der Waals surface area (Å²) in [6, 6.07) is 3.63. The van der Waals surface area contributed by atoms with E-state index in [2.05, 4.69) is 42.9 Å². The van der Waals surface area contributed by atoms with Crippen LogP contribution in [0.3, 0.4) is 0 Å². The zero-order valence-corrected chi connectivity index (χ0v) is 15.2. The fraction of sp³-hybridized carbons (Fsp3) is 0.471. The highest BCUT2D eigenvalue weighted by atomic mass is 32.2. The van der Waals surface area contributed by atoms with Crippen molar-refractivity contribution in [3.8, 4) is 11.6 Å². The summed E-state index contributed by atoms with van der Waals surface area (Å²) in [6.45, 7) is 11.5. The Morgan fingerprint density at radius 1 is 1.46 bits per heavy atom. The van der Waals surface area contributed by atoms with Crippen molar-refractivity contribution >= 4 is 17.7 Å². The van der Waals surface area contributed by atoms with E-state index in [4.69, 9.17) is 4.42 Å². The highest BCUT2D eigenvalue weighted by Gasteiger charge is 2.17. The topological polar surface area (TPSA) is 73.0 Å². The molecule has 2 rings (SSSR count). The van der Waals surface area contributed by atoms with Crippen molar-refractivity contribution in [1.29, 1.82) is 0 Å². The van der Waals surface area contributed by atoms with Gasteiger partial charge in [0.05, 0.1) is 12.0 Å². The molecule has 0 spiro atoms. The normalized spacial score (nSPS) is 11.5. The number of furan rings is 1. The number of carbonyl (C=O) groups is 1. The fourth-order valence-corrected chi connectivity index (χ4v) is 2.81. The highest BCUT2D eigenvalue weighted by Crippen LogP contribution is 2.24. The molecule has 0 radical (unpaired) electrons. The molecular weight excluding hydrogens is 324 g/mol. The summed E-state index contributed by atoms with van der Waals surface area (Å²) in [5.41, 5.74) is 0.211. The molecule has 0 atom stereocenters. The van der Waals surface area contributed by atoms with E-state index in [0.29, 0.717) is 35.6 Å². The Balaban J connectivity index is 1.95. The van der Waals surface area contributed by atoms with Gasteiger partial charge in [-0.3, -0.25) is 9.36 Å². The summed E-state index contributed by atoms with van der Waals surface area (Å²) in [6.07, 6.45) is 4.31. The van der Waals surface area contributed by atoms with Crippen molar-refractivity contribution in [3.63, 3.8) is 0 Å². The van der Waals surface area contributed by atoms with Gasteiger partial charge in [-0.2, -0.15) is 0 Å².